The average molecular weight is 354 g/mol. The standard InChI is InChI=1S/C16H20BrNO3/c1-11(2)14-9-12(17)3-4-15(14)21-10-16(20)18-7-5-13(19)6-8-18/h3-4,9,11H,5-8,10H2,1-2H3. The van der Waals surface area contributed by atoms with Crippen LogP contribution < -0.4 is 4.74 Å². The van der Waals surface area contributed by atoms with E-state index in [4.69, 9.17) is 4.74 Å². The fourth-order valence-electron chi connectivity index (χ4n) is 2.34. The van der Waals surface area contributed by atoms with Gasteiger partial charge in [-0.2, -0.15) is 0 Å². The third-order valence-corrected chi connectivity index (χ3v) is 4.11. The summed E-state index contributed by atoms with van der Waals surface area (Å²) in [5.74, 6) is 1.24. The minimum atomic E-state index is -0.0554. The van der Waals surface area contributed by atoms with Gasteiger partial charge in [-0.25, -0.2) is 0 Å². The van der Waals surface area contributed by atoms with Crippen LogP contribution in [0.15, 0.2) is 22.7 Å². The van der Waals surface area contributed by atoms with E-state index >= 15 is 0 Å². The van der Waals surface area contributed by atoms with Crippen LogP contribution in [0.2, 0.25) is 0 Å². The van der Waals surface area contributed by atoms with E-state index in [1.807, 2.05) is 18.2 Å². The molecule has 1 aliphatic heterocycles. The molecule has 0 N–H and O–H groups in total. The summed E-state index contributed by atoms with van der Waals surface area (Å²) < 4.78 is 6.70. The predicted octanol–water partition coefficient (Wildman–Crippen LogP) is 3.14. The van der Waals surface area contributed by atoms with E-state index in [1.54, 1.807) is 4.90 Å². The van der Waals surface area contributed by atoms with Gasteiger partial charge in [-0.05, 0) is 29.7 Å². The van der Waals surface area contributed by atoms with Gasteiger partial charge in [-0.1, -0.05) is 29.8 Å². The van der Waals surface area contributed by atoms with E-state index in [-0.39, 0.29) is 18.3 Å². The fourth-order valence-corrected chi connectivity index (χ4v) is 2.72. The van der Waals surface area contributed by atoms with Gasteiger partial charge in [0, 0.05) is 30.4 Å². The van der Waals surface area contributed by atoms with Crippen molar-refractivity contribution in [2.45, 2.75) is 32.6 Å². The lowest BCUT2D eigenvalue weighted by atomic mass is 10.0. The molecule has 1 amide bonds. The monoisotopic (exact) mass is 353 g/mol. The first-order valence-electron chi connectivity index (χ1n) is 7.19. The first kappa shape index (κ1) is 16.0. The maximum absolute atomic E-state index is 12.1. The zero-order chi connectivity index (χ0) is 15.4. The largest absolute Gasteiger partial charge is 0.483 e. The number of carbonyl (C=O) groups excluding carboxylic acids is 2. The number of ketones is 1. The number of carbonyl (C=O) groups is 2. The molecule has 1 fully saturated rings. The van der Waals surface area contributed by atoms with Crippen molar-refractivity contribution in [1.82, 2.24) is 4.90 Å². The molecule has 1 aromatic rings. The Morgan fingerprint density at radius 3 is 2.62 bits per heavy atom. The summed E-state index contributed by atoms with van der Waals surface area (Å²) >= 11 is 3.45. The van der Waals surface area contributed by atoms with Crippen LogP contribution in [0.25, 0.3) is 0 Å². The lowest BCUT2D eigenvalue weighted by Gasteiger charge is -2.26. The molecular weight excluding hydrogens is 334 g/mol. The molecule has 1 heterocycles. The SMILES string of the molecule is CC(C)c1cc(Br)ccc1OCC(=O)N1CCC(=O)CC1. The van der Waals surface area contributed by atoms with Gasteiger partial charge in [0.2, 0.25) is 0 Å². The maximum atomic E-state index is 12.1. The molecule has 21 heavy (non-hydrogen) atoms. The first-order chi connectivity index (χ1) is 9.97. The smallest absolute Gasteiger partial charge is 0.260 e. The second-order valence-electron chi connectivity index (χ2n) is 5.54. The maximum Gasteiger partial charge on any atom is 0.260 e. The van der Waals surface area contributed by atoms with Crippen molar-refractivity contribution in [2.75, 3.05) is 19.7 Å². The van der Waals surface area contributed by atoms with Crippen LogP contribution in [0, 0.1) is 0 Å². The third-order valence-electron chi connectivity index (χ3n) is 3.62. The molecule has 0 aromatic heterocycles. The zero-order valence-corrected chi connectivity index (χ0v) is 14.0. The molecule has 1 aromatic carbocycles. The van der Waals surface area contributed by atoms with Crippen LogP contribution in [-0.2, 0) is 9.59 Å². The molecular formula is C16H20BrNO3. The second-order valence-corrected chi connectivity index (χ2v) is 6.46. The molecule has 4 nitrogen and oxygen atoms in total. The lowest BCUT2D eigenvalue weighted by Crippen LogP contribution is -2.41. The van der Waals surface area contributed by atoms with Crippen molar-refractivity contribution in [1.29, 1.82) is 0 Å². The number of rotatable bonds is 4. The molecule has 0 aliphatic carbocycles. The van der Waals surface area contributed by atoms with Crippen LogP contribution in [0.3, 0.4) is 0 Å². The molecule has 2 rings (SSSR count). The molecule has 114 valence electrons. The Morgan fingerprint density at radius 1 is 1.33 bits per heavy atom. The van der Waals surface area contributed by atoms with Crippen LogP contribution >= 0.6 is 15.9 Å². The number of benzene rings is 1. The van der Waals surface area contributed by atoms with Crippen LogP contribution in [0.5, 0.6) is 5.75 Å². The van der Waals surface area contributed by atoms with E-state index in [0.29, 0.717) is 31.8 Å². The van der Waals surface area contributed by atoms with Gasteiger partial charge in [-0.15, -0.1) is 0 Å². The van der Waals surface area contributed by atoms with Crippen molar-refractivity contribution in [2.24, 2.45) is 0 Å². The minimum Gasteiger partial charge on any atom is -0.483 e. The van der Waals surface area contributed by atoms with Gasteiger partial charge in [-0.3, -0.25) is 9.59 Å². The summed E-state index contributed by atoms with van der Waals surface area (Å²) in [6.07, 6.45) is 0.919. The number of likely N-dealkylation sites (tertiary alicyclic amines) is 1. The summed E-state index contributed by atoms with van der Waals surface area (Å²) in [5, 5.41) is 0. The minimum absolute atomic E-state index is 0.0234. The quantitative estimate of drug-likeness (QED) is 0.835. The molecule has 0 unspecified atom stereocenters. The molecule has 0 spiro atoms. The Kier molecular flexibility index (Phi) is 5.39. The summed E-state index contributed by atoms with van der Waals surface area (Å²) in [4.78, 5) is 25.0. The number of halogens is 1. The highest BCUT2D eigenvalue weighted by Crippen LogP contribution is 2.29. The number of hydrogen-bond acceptors (Lipinski definition) is 3. The average Bonchev–Trinajstić information content (AvgIpc) is 2.46. The van der Waals surface area contributed by atoms with Gasteiger partial charge in [0.15, 0.2) is 6.61 Å². The summed E-state index contributed by atoms with van der Waals surface area (Å²) in [6, 6.07) is 5.81. The van der Waals surface area contributed by atoms with Crippen LogP contribution in [0.1, 0.15) is 38.2 Å². The molecule has 0 saturated carbocycles. The highest BCUT2D eigenvalue weighted by Gasteiger charge is 2.21. The Hall–Kier alpha value is -1.36. The highest BCUT2D eigenvalue weighted by atomic mass is 79.9. The summed E-state index contributed by atoms with van der Waals surface area (Å²) in [5.41, 5.74) is 1.07. The molecule has 0 atom stereocenters. The molecule has 1 aliphatic rings. The Labute approximate surface area is 133 Å². The van der Waals surface area contributed by atoms with Crippen LogP contribution in [0.4, 0.5) is 0 Å². The van der Waals surface area contributed by atoms with Gasteiger partial charge >= 0.3 is 0 Å². The molecule has 5 heteroatoms. The zero-order valence-electron chi connectivity index (χ0n) is 12.4. The van der Waals surface area contributed by atoms with Crippen molar-refractivity contribution in [3.05, 3.63) is 28.2 Å². The number of ether oxygens (including phenoxy) is 1. The number of Topliss-reactive ketones (excluding diaryl/α,β-unsaturated/α-hetero) is 1. The van der Waals surface area contributed by atoms with Crippen molar-refractivity contribution in [3.8, 4) is 5.75 Å². The third kappa shape index (κ3) is 4.30. The number of hydrogen-bond donors (Lipinski definition) is 0. The normalized spacial score (nSPS) is 15.4. The Morgan fingerprint density at radius 2 is 2.00 bits per heavy atom. The fraction of sp³-hybridized carbons (Fsp3) is 0.500. The van der Waals surface area contributed by atoms with E-state index in [2.05, 4.69) is 29.8 Å². The van der Waals surface area contributed by atoms with E-state index < -0.39 is 0 Å². The van der Waals surface area contributed by atoms with Gasteiger partial charge < -0.3 is 9.64 Å². The van der Waals surface area contributed by atoms with E-state index in [0.717, 1.165) is 15.8 Å². The van der Waals surface area contributed by atoms with Crippen molar-refractivity contribution in [3.63, 3.8) is 0 Å². The van der Waals surface area contributed by atoms with E-state index in [9.17, 15) is 9.59 Å². The van der Waals surface area contributed by atoms with Gasteiger partial charge in [0.05, 0.1) is 0 Å². The predicted molar refractivity (Wildman–Crippen MR) is 84.5 cm³/mol. The van der Waals surface area contributed by atoms with Crippen molar-refractivity contribution >= 4 is 27.6 Å². The summed E-state index contributed by atoms with van der Waals surface area (Å²) in [6.45, 7) is 5.23. The van der Waals surface area contributed by atoms with Gasteiger partial charge in [0.25, 0.3) is 5.91 Å². The van der Waals surface area contributed by atoms with Crippen LogP contribution in [-0.4, -0.2) is 36.3 Å². The molecule has 0 radical (unpaired) electrons. The summed E-state index contributed by atoms with van der Waals surface area (Å²) in [7, 11) is 0. The molecule has 1 saturated heterocycles. The molecule has 0 bridgehead atoms. The van der Waals surface area contributed by atoms with Gasteiger partial charge in [0.1, 0.15) is 11.5 Å². The Balaban J connectivity index is 1.96. The Bertz CT molecular complexity index is 532. The number of piperidine rings is 1. The highest BCUT2D eigenvalue weighted by molar-refractivity contribution is 9.10. The number of amides is 1. The van der Waals surface area contributed by atoms with E-state index in [1.165, 1.54) is 0 Å². The number of nitrogens with zero attached hydrogens (tertiary/aromatic N) is 1. The van der Waals surface area contributed by atoms with Crippen molar-refractivity contribution < 1.29 is 14.3 Å². The topological polar surface area (TPSA) is 46.6 Å². The lowest BCUT2D eigenvalue weighted by molar-refractivity contribution is -0.136. The second kappa shape index (κ2) is 7.07. The first-order valence-corrected chi connectivity index (χ1v) is 7.98.